The van der Waals surface area contributed by atoms with Crippen LogP contribution in [-0.2, 0) is 3.79 Å². The quantitative estimate of drug-likeness (QED) is 0.667. The third kappa shape index (κ3) is 8.88. The van der Waals surface area contributed by atoms with E-state index in [4.69, 9.17) is 3.79 Å². The van der Waals surface area contributed by atoms with Gasteiger partial charge in [0.05, 0.1) is 0 Å². The highest BCUT2D eigenvalue weighted by Crippen LogP contribution is 2.12. The lowest BCUT2D eigenvalue weighted by atomic mass is 10.2. The van der Waals surface area contributed by atoms with Crippen LogP contribution in [0.4, 0.5) is 0 Å². The third-order valence-corrected chi connectivity index (χ3v) is 5.05. The lowest BCUT2D eigenvalue weighted by Crippen LogP contribution is -2.15. The van der Waals surface area contributed by atoms with Gasteiger partial charge >= 0.3 is 12.7 Å². The first kappa shape index (κ1) is 12.0. The van der Waals surface area contributed by atoms with Crippen molar-refractivity contribution < 1.29 is 3.79 Å². The van der Waals surface area contributed by atoms with Crippen LogP contribution in [0.3, 0.4) is 0 Å². The average Bonchev–Trinajstić information content (AvgIpc) is 1.82. The molecule has 0 aliphatic rings. The van der Waals surface area contributed by atoms with Crippen LogP contribution in [0.1, 0.15) is 27.7 Å². The zero-order chi connectivity index (χ0) is 8.85. The van der Waals surface area contributed by atoms with Crippen LogP contribution >= 0.6 is 14.1 Å². The SMILES string of the molecule is CC(C)C[O][Al]([Br])[CH2]C(C)C. The van der Waals surface area contributed by atoms with Gasteiger partial charge in [-0.15, -0.1) is 0 Å². The smallest absolute Gasteiger partial charge is 0.492 e. The molecule has 0 aliphatic heterocycles. The van der Waals surface area contributed by atoms with Crippen LogP contribution < -0.4 is 0 Å². The van der Waals surface area contributed by atoms with Crippen molar-refractivity contribution in [2.24, 2.45) is 11.8 Å². The molecule has 0 aromatic carbocycles. The first-order valence-corrected chi connectivity index (χ1v) is 8.75. The van der Waals surface area contributed by atoms with E-state index >= 15 is 0 Å². The van der Waals surface area contributed by atoms with Crippen molar-refractivity contribution >= 4 is 26.7 Å². The number of hydrogen-bond donors (Lipinski definition) is 0. The second-order valence-electron chi connectivity index (χ2n) is 3.77. The van der Waals surface area contributed by atoms with E-state index < -0.39 is 12.7 Å². The summed E-state index contributed by atoms with van der Waals surface area (Å²) in [5, 5.41) is 1.23. The predicted octanol–water partition coefficient (Wildman–Crippen LogP) is 3.20. The number of halogens is 1. The molecule has 0 fully saturated rings. The van der Waals surface area contributed by atoms with E-state index in [1.807, 2.05) is 0 Å². The van der Waals surface area contributed by atoms with Crippen LogP contribution in [0.25, 0.3) is 0 Å². The van der Waals surface area contributed by atoms with Gasteiger partial charge in [-0.05, 0) is 5.92 Å². The molecule has 0 bridgehead atoms. The van der Waals surface area contributed by atoms with Gasteiger partial charge in [-0.25, -0.2) is 0 Å². The van der Waals surface area contributed by atoms with Gasteiger partial charge in [0.25, 0.3) is 0 Å². The summed E-state index contributed by atoms with van der Waals surface area (Å²) in [6.45, 7) is 9.75. The predicted molar refractivity (Wildman–Crippen MR) is 55.1 cm³/mol. The molecule has 1 nitrogen and oxygen atoms in total. The summed E-state index contributed by atoms with van der Waals surface area (Å²) >= 11 is 2.62. The van der Waals surface area contributed by atoms with Crippen LogP contribution in [-0.4, -0.2) is 19.3 Å². The van der Waals surface area contributed by atoms with Gasteiger partial charge in [-0.3, -0.25) is 0 Å². The summed E-state index contributed by atoms with van der Waals surface area (Å²) in [7, 11) is 0. The van der Waals surface area contributed by atoms with Crippen molar-refractivity contribution in [2.75, 3.05) is 6.61 Å². The summed E-state index contributed by atoms with van der Waals surface area (Å²) in [6, 6.07) is 0. The van der Waals surface area contributed by atoms with Crippen molar-refractivity contribution in [1.82, 2.24) is 0 Å². The Kier molecular flexibility index (Phi) is 7.06. The molecule has 66 valence electrons. The zero-order valence-corrected chi connectivity index (χ0v) is 10.7. The summed E-state index contributed by atoms with van der Waals surface area (Å²) in [5.41, 5.74) is 0. The molecular weight excluding hydrogens is 219 g/mol. The summed E-state index contributed by atoms with van der Waals surface area (Å²) < 4.78 is 5.67. The summed E-state index contributed by atoms with van der Waals surface area (Å²) in [4.78, 5) is 0. The largest absolute Gasteiger partial charge is 0.557 e. The Balaban J connectivity index is 3.29. The van der Waals surface area contributed by atoms with E-state index in [9.17, 15) is 0 Å². The molecule has 11 heavy (non-hydrogen) atoms. The lowest BCUT2D eigenvalue weighted by Gasteiger charge is -2.11. The van der Waals surface area contributed by atoms with Gasteiger partial charge in [0.15, 0.2) is 0 Å². The van der Waals surface area contributed by atoms with Crippen molar-refractivity contribution in [3.8, 4) is 0 Å². The van der Waals surface area contributed by atoms with Crippen molar-refractivity contribution in [2.45, 2.75) is 33.0 Å². The summed E-state index contributed by atoms with van der Waals surface area (Å²) in [6.07, 6.45) is 0. The molecule has 0 aromatic heterocycles. The van der Waals surface area contributed by atoms with Crippen molar-refractivity contribution in [3.05, 3.63) is 0 Å². The molecule has 0 heterocycles. The van der Waals surface area contributed by atoms with E-state index in [0.29, 0.717) is 5.92 Å². The Morgan fingerprint density at radius 2 is 1.73 bits per heavy atom. The summed E-state index contributed by atoms with van der Waals surface area (Å²) in [5.74, 6) is 1.42. The maximum Gasteiger partial charge on any atom is 0.557 e. The second-order valence-corrected chi connectivity index (χ2v) is 8.46. The monoisotopic (exact) mass is 236 g/mol. The van der Waals surface area contributed by atoms with E-state index in [1.54, 1.807) is 0 Å². The fraction of sp³-hybridized carbons (Fsp3) is 1.00. The fourth-order valence-corrected chi connectivity index (χ4v) is 4.91. The molecular formula is C8H18AlBrO. The van der Waals surface area contributed by atoms with Gasteiger partial charge in [-0.1, -0.05) is 38.9 Å². The van der Waals surface area contributed by atoms with Crippen LogP contribution in [0, 0.1) is 11.8 Å². The maximum absolute atomic E-state index is 5.67. The molecule has 0 radical (unpaired) electrons. The highest BCUT2D eigenvalue weighted by atomic mass is 79.9. The second kappa shape index (κ2) is 6.48. The van der Waals surface area contributed by atoms with Crippen molar-refractivity contribution in [3.63, 3.8) is 0 Å². The topological polar surface area (TPSA) is 9.23 Å². The lowest BCUT2D eigenvalue weighted by molar-refractivity contribution is 0.279. The van der Waals surface area contributed by atoms with E-state index in [-0.39, 0.29) is 0 Å². The Morgan fingerprint density at radius 1 is 1.18 bits per heavy atom. The van der Waals surface area contributed by atoms with E-state index in [1.165, 1.54) is 5.28 Å². The van der Waals surface area contributed by atoms with Gasteiger partial charge in [0, 0.05) is 6.61 Å². The van der Waals surface area contributed by atoms with Crippen LogP contribution in [0.5, 0.6) is 0 Å². The van der Waals surface area contributed by atoms with Crippen LogP contribution in [0.2, 0.25) is 5.28 Å². The molecule has 0 saturated heterocycles. The van der Waals surface area contributed by atoms with Gasteiger partial charge in [-0.2, -0.15) is 14.1 Å². The molecule has 3 heteroatoms. The van der Waals surface area contributed by atoms with E-state index in [2.05, 4.69) is 41.7 Å². The van der Waals surface area contributed by atoms with Gasteiger partial charge in [0.1, 0.15) is 0 Å². The average molecular weight is 237 g/mol. The van der Waals surface area contributed by atoms with Gasteiger partial charge in [0.2, 0.25) is 0 Å². The zero-order valence-electron chi connectivity index (χ0n) is 7.93. The minimum Gasteiger partial charge on any atom is -0.492 e. The first-order chi connectivity index (χ1) is 5.02. The molecule has 0 aliphatic carbocycles. The highest BCUT2D eigenvalue weighted by molar-refractivity contribution is 9.24. The Hall–Kier alpha value is 0.972. The minimum atomic E-state index is -1.00. The van der Waals surface area contributed by atoms with Gasteiger partial charge < -0.3 is 3.79 Å². The number of rotatable bonds is 5. The van der Waals surface area contributed by atoms with E-state index in [0.717, 1.165) is 12.5 Å². The molecule has 0 atom stereocenters. The van der Waals surface area contributed by atoms with Crippen LogP contribution in [0.15, 0.2) is 0 Å². The fourth-order valence-electron chi connectivity index (χ4n) is 0.736. The highest BCUT2D eigenvalue weighted by Gasteiger charge is 2.18. The molecule has 0 N–H and O–H groups in total. The molecule has 0 unspecified atom stereocenters. The molecule has 0 spiro atoms. The Labute approximate surface area is 81.9 Å². The molecule has 0 amide bonds. The normalized spacial score (nSPS) is 11.2. The molecule has 0 aromatic rings. The Morgan fingerprint density at radius 3 is 2.09 bits per heavy atom. The number of hydrogen-bond acceptors (Lipinski definition) is 1. The minimum absolute atomic E-state index is 0.662. The Bertz CT molecular complexity index is 96.1. The van der Waals surface area contributed by atoms with Crippen molar-refractivity contribution in [1.29, 1.82) is 0 Å². The third-order valence-electron chi connectivity index (χ3n) is 1.27. The maximum atomic E-state index is 5.67. The molecule has 0 rings (SSSR count). The first-order valence-electron chi connectivity index (χ1n) is 4.28. The molecule has 0 saturated carbocycles. The standard InChI is InChI=1S/C4H9O.C4H9.Al.BrH/c1-4(2)3-5;1-4(2)3;;/h4H,3H2,1-2H3;4H,1H2,2-3H3;;1H/q-1;;+2;/p-1.